The van der Waals surface area contributed by atoms with Crippen LogP contribution >= 0.6 is 0 Å². The highest BCUT2D eigenvalue weighted by atomic mass is 32.2. The van der Waals surface area contributed by atoms with E-state index in [9.17, 15) is 23.4 Å². The van der Waals surface area contributed by atoms with E-state index < -0.39 is 34.2 Å². The standard InChI is InChI=1S/C30H33NO7S.2H2/c1-19-4-5-21(14-28(34)30(10-11-30)22-6-9-26-27(15-22)38-18-37-26)13-25(19)24-8-7-23(12-20(24)2)39(35,36)31-29(3,16-32)17-33;;/h4-9,12-13,15,31-33H,10-11,14,16-18H2,1-3H3;2*1H. The van der Waals surface area contributed by atoms with Crippen LogP contribution in [0.3, 0.4) is 0 Å². The second-order valence-electron chi connectivity index (χ2n) is 10.9. The van der Waals surface area contributed by atoms with Crippen molar-refractivity contribution in [2.45, 2.75) is 55.9 Å². The second-order valence-corrected chi connectivity index (χ2v) is 12.5. The van der Waals surface area contributed by atoms with Crippen molar-refractivity contribution < 1.29 is 35.8 Å². The predicted molar refractivity (Wildman–Crippen MR) is 151 cm³/mol. The van der Waals surface area contributed by atoms with Gasteiger partial charge < -0.3 is 19.7 Å². The van der Waals surface area contributed by atoms with Crippen molar-refractivity contribution in [2.75, 3.05) is 20.0 Å². The van der Waals surface area contributed by atoms with Gasteiger partial charge in [0.15, 0.2) is 11.5 Å². The van der Waals surface area contributed by atoms with Gasteiger partial charge in [-0.05, 0) is 91.3 Å². The summed E-state index contributed by atoms with van der Waals surface area (Å²) in [6.45, 7) is 4.36. The summed E-state index contributed by atoms with van der Waals surface area (Å²) in [5.41, 5.74) is 3.54. The van der Waals surface area contributed by atoms with E-state index in [1.54, 1.807) is 12.1 Å². The number of ether oxygens (including phenoxy) is 2. The molecule has 3 aromatic rings. The van der Waals surface area contributed by atoms with Crippen molar-refractivity contribution in [3.05, 3.63) is 76.9 Å². The summed E-state index contributed by atoms with van der Waals surface area (Å²) in [4.78, 5) is 13.6. The fourth-order valence-electron chi connectivity index (χ4n) is 5.07. The maximum atomic E-state index is 13.5. The third-order valence-corrected chi connectivity index (χ3v) is 9.39. The van der Waals surface area contributed by atoms with Gasteiger partial charge in [-0.3, -0.25) is 4.79 Å². The van der Waals surface area contributed by atoms with E-state index in [0.717, 1.165) is 46.2 Å². The summed E-state index contributed by atoms with van der Waals surface area (Å²) in [5.74, 6) is 1.54. The SMILES string of the molecule is Cc1cc(S(=O)(=O)NC(C)(CO)CO)ccc1-c1cc(CC(=O)C2(c3ccc4c(c3)OCO4)CC2)ccc1C.[HH].[HH]. The van der Waals surface area contributed by atoms with Gasteiger partial charge in [-0.15, -0.1) is 0 Å². The molecule has 0 amide bonds. The van der Waals surface area contributed by atoms with Crippen LogP contribution in [0.2, 0.25) is 0 Å². The van der Waals surface area contributed by atoms with Gasteiger partial charge in [0.25, 0.3) is 0 Å². The largest absolute Gasteiger partial charge is 0.454 e. The van der Waals surface area contributed by atoms with Gasteiger partial charge in [-0.25, -0.2) is 13.1 Å². The number of hydrogen-bond donors (Lipinski definition) is 3. The van der Waals surface area contributed by atoms with Crippen LogP contribution in [0, 0.1) is 13.8 Å². The normalized spacial score (nSPS) is 15.8. The number of nitrogens with one attached hydrogen (secondary N) is 1. The molecule has 1 heterocycles. The number of Topliss-reactive ketones (excluding diaryl/α,β-unsaturated/α-hetero) is 1. The minimum absolute atomic E-state index is 0. The van der Waals surface area contributed by atoms with Crippen LogP contribution in [0.1, 0.15) is 44.9 Å². The molecule has 3 N–H and O–H groups in total. The van der Waals surface area contributed by atoms with Crippen LogP contribution in [-0.2, 0) is 26.7 Å². The van der Waals surface area contributed by atoms with E-state index in [1.165, 1.54) is 13.0 Å². The zero-order valence-electron chi connectivity index (χ0n) is 22.3. The van der Waals surface area contributed by atoms with Gasteiger partial charge in [0.1, 0.15) is 5.78 Å². The Morgan fingerprint density at radius 2 is 1.67 bits per heavy atom. The third-order valence-electron chi connectivity index (χ3n) is 7.75. The summed E-state index contributed by atoms with van der Waals surface area (Å²) in [7, 11) is -3.97. The fraction of sp³-hybridized carbons (Fsp3) is 0.367. The quantitative estimate of drug-likeness (QED) is 0.345. The Bertz CT molecular complexity index is 1550. The zero-order valence-corrected chi connectivity index (χ0v) is 23.1. The average Bonchev–Trinajstić information content (AvgIpc) is 3.60. The number of sulfonamides is 1. The Labute approximate surface area is 231 Å². The minimum atomic E-state index is -3.97. The van der Waals surface area contributed by atoms with E-state index in [-0.39, 0.29) is 26.7 Å². The van der Waals surface area contributed by atoms with E-state index in [2.05, 4.69) is 4.72 Å². The van der Waals surface area contributed by atoms with Gasteiger partial charge >= 0.3 is 0 Å². The number of aliphatic hydroxyl groups is 2. The van der Waals surface area contributed by atoms with Crippen molar-refractivity contribution in [3.63, 3.8) is 0 Å². The topological polar surface area (TPSA) is 122 Å². The summed E-state index contributed by atoms with van der Waals surface area (Å²) in [6, 6.07) is 16.5. The molecule has 2 aliphatic rings. The van der Waals surface area contributed by atoms with Crippen molar-refractivity contribution in [2.24, 2.45) is 0 Å². The van der Waals surface area contributed by atoms with E-state index in [4.69, 9.17) is 9.47 Å². The molecule has 0 atom stereocenters. The number of carbonyl (C=O) groups excluding carboxylic acids is 1. The Morgan fingerprint density at radius 3 is 2.33 bits per heavy atom. The van der Waals surface area contributed by atoms with Crippen LogP contribution in [0.4, 0.5) is 0 Å². The molecule has 210 valence electrons. The fourth-order valence-corrected chi connectivity index (χ4v) is 6.55. The van der Waals surface area contributed by atoms with Gasteiger partial charge in [0.05, 0.1) is 29.1 Å². The summed E-state index contributed by atoms with van der Waals surface area (Å²) in [5, 5.41) is 19.0. The van der Waals surface area contributed by atoms with Crippen LogP contribution in [0.5, 0.6) is 11.5 Å². The third kappa shape index (κ3) is 5.19. The predicted octanol–water partition coefficient (Wildman–Crippen LogP) is 4.06. The maximum Gasteiger partial charge on any atom is 0.241 e. The molecule has 0 saturated heterocycles. The molecule has 1 fully saturated rings. The molecular formula is C30H37NO7S. The number of fused-ring (bicyclic) bond motifs is 1. The second kappa shape index (κ2) is 10.1. The van der Waals surface area contributed by atoms with Gasteiger partial charge in [-0.2, -0.15) is 0 Å². The summed E-state index contributed by atoms with van der Waals surface area (Å²) < 4.78 is 39.1. The van der Waals surface area contributed by atoms with E-state index >= 15 is 0 Å². The first-order valence-corrected chi connectivity index (χ1v) is 14.4. The van der Waals surface area contributed by atoms with Crippen LogP contribution in [0.25, 0.3) is 11.1 Å². The molecule has 5 rings (SSSR count). The number of benzene rings is 3. The maximum absolute atomic E-state index is 13.5. The Morgan fingerprint density at radius 1 is 0.949 bits per heavy atom. The number of ketones is 1. The van der Waals surface area contributed by atoms with E-state index in [0.29, 0.717) is 11.5 Å². The summed E-state index contributed by atoms with van der Waals surface area (Å²) >= 11 is 0. The highest BCUT2D eigenvalue weighted by molar-refractivity contribution is 7.89. The number of carbonyl (C=O) groups is 1. The first-order chi connectivity index (χ1) is 18.5. The smallest absolute Gasteiger partial charge is 0.241 e. The molecule has 0 aromatic heterocycles. The number of hydrogen-bond acceptors (Lipinski definition) is 7. The average molecular weight is 556 g/mol. The first kappa shape index (κ1) is 27.3. The van der Waals surface area contributed by atoms with Crippen molar-refractivity contribution >= 4 is 15.8 Å². The van der Waals surface area contributed by atoms with Crippen molar-refractivity contribution in [3.8, 4) is 22.6 Å². The molecule has 0 spiro atoms. The monoisotopic (exact) mass is 555 g/mol. The van der Waals surface area contributed by atoms with Crippen molar-refractivity contribution in [1.82, 2.24) is 4.72 Å². The molecule has 1 aliphatic heterocycles. The molecule has 8 nitrogen and oxygen atoms in total. The number of rotatable bonds is 10. The van der Waals surface area contributed by atoms with Gasteiger partial charge in [-0.1, -0.05) is 30.3 Å². The molecule has 0 unspecified atom stereocenters. The molecule has 0 radical (unpaired) electrons. The van der Waals surface area contributed by atoms with Gasteiger partial charge in [0, 0.05) is 9.27 Å². The molecule has 3 aromatic carbocycles. The lowest BCUT2D eigenvalue weighted by Crippen LogP contribution is -2.51. The molecule has 1 aliphatic carbocycles. The Hall–Kier alpha value is -3.24. The van der Waals surface area contributed by atoms with Gasteiger partial charge in [0.2, 0.25) is 16.8 Å². The zero-order chi connectivity index (χ0) is 28.0. The van der Waals surface area contributed by atoms with Crippen LogP contribution < -0.4 is 14.2 Å². The first-order valence-electron chi connectivity index (χ1n) is 12.9. The van der Waals surface area contributed by atoms with Crippen LogP contribution in [0.15, 0.2) is 59.5 Å². The molecule has 0 bridgehead atoms. The minimum Gasteiger partial charge on any atom is -0.454 e. The molecule has 9 heteroatoms. The molecule has 1 saturated carbocycles. The van der Waals surface area contributed by atoms with Crippen LogP contribution in [-0.4, -0.2) is 50.0 Å². The number of aliphatic hydroxyl groups excluding tert-OH is 2. The Kier molecular flexibility index (Phi) is 7.05. The molecule has 39 heavy (non-hydrogen) atoms. The highest BCUT2D eigenvalue weighted by Gasteiger charge is 2.50. The lowest BCUT2D eigenvalue weighted by Gasteiger charge is -2.26. The van der Waals surface area contributed by atoms with E-state index in [1.807, 2.05) is 50.2 Å². The highest BCUT2D eigenvalue weighted by Crippen LogP contribution is 2.51. The Balaban J connectivity index is 0.00000231. The summed E-state index contributed by atoms with van der Waals surface area (Å²) in [6.07, 6.45) is 1.90. The molecular weight excluding hydrogens is 518 g/mol. The lowest BCUT2D eigenvalue weighted by molar-refractivity contribution is -0.120. The lowest BCUT2D eigenvalue weighted by atomic mass is 9.86. The van der Waals surface area contributed by atoms with Crippen molar-refractivity contribution in [1.29, 1.82) is 0 Å². The number of aryl methyl sites for hydroxylation is 2.